The van der Waals surface area contributed by atoms with Gasteiger partial charge in [0.1, 0.15) is 5.82 Å². The lowest BCUT2D eigenvalue weighted by Gasteiger charge is -2.06. The van der Waals surface area contributed by atoms with Gasteiger partial charge in [-0.1, -0.05) is 11.6 Å². The van der Waals surface area contributed by atoms with Crippen LogP contribution in [-0.4, -0.2) is 17.4 Å². The van der Waals surface area contributed by atoms with Gasteiger partial charge in [0.25, 0.3) is 5.91 Å². The number of anilines is 2. The molecule has 4 nitrogen and oxygen atoms in total. The van der Waals surface area contributed by atoms with Gasteiger partial charge in [0.2, 0.25) is 0 Å². The minimum atomic E-state index is -0.196. The van der Waals surface area contributed by atoms with Crippen molar-refractivity contribution < 1.29 is 4.79 Å². The van der Waals surface area contributed by atoms with Crippen molar-refractivity contribution in [1.29, 1.82) is 0 Å². The Morgan fingerprint density at radius 3 is 2.53 bits per heavy atom. The highest BCUT2D eigenvalue weighted by molar-refractivity contribution is 6.30. The van der Waals surface area contributed by atoms with E-state index < -0.39 is 0 Å². The number of aromatic nitrogens is 1. The summed E-state index contributed by atoms with van der Waals surface area (Å²) in [6.07, 6.45) is 1.54. The molecular weight excluding hydrogens is 262 g/mol. The summed E-state index contributed by atoms with van der Waals surface area (Å²) in [5, 5.41) is 6.48. The number of hydrogen-bond acceptors (Lipinski definition) is 3. The minimum Gasteiger partial charge on any atom is -0.370 e. The monoisotopic (exact) mass is 275 g/mol. The van der Waals surface area contributed by atoms with Crippen molar-refractivity contribution in [2.45, 2.75) is 6.92 Å². The van der Waals surface area contributed by atoms with E-state index in [2.05, 4.69) is 15.6 Å². The van der Waals surface area contributed by atoms with E-state index in [1.165, 1.54) is 0 Å². The molecule has 0 spiro atoms. The van der Waals surface area contributed by atoms with Crippen molar-refractivity contribution in [2.24, 2.45) is 0 Å². The lowest BCUT2D eigenvalue weighted by Crippen LogP contribution is -2.12. The number of hydrogen-bond donors (Lipinski definition) is 2. The Balaban J connectivity index is 2.05. The van der Waals surface area contributed by atoms with Crippen molar-refractivity contribution in [3.63, 3.8) is 0 Å². The fourth-order valence-electron chi connectivity index (χ4n) is 1.55. The van der Waals surface area contributed by atoms with Crippen LogP contribution in [0.2, 0.25) is 5.02 Å². The average molecular weight is 276 g/mol. The minimum absolute atomic E-state index is 0.196. The molecule has 0 saturated carbocycles. The Bertz CT molecular complexity index is 552. The van der Waals surface area contributed by atoms with Gasteiger partial charge in [-0.3, -0.25) is 4.79 Å². The predicted molar refractivity (Wildman–Crippen MR) is 77.8 cm³/mol. The fraction of sp³-hybridized carbons (Fsp3) is 0.143. The molecular formula is C14H14ClN3O. The van der Waals surface area contributed by atoms with Crippen LogP contribution in [0.5, 0.6) is 0 Å². The van der Waals surface area contributed by atoms with Crippen molar-refractivity contribution in [3.05, 3.63) is 53.2 Å². The first-order chi connectivity index (χ1) is 9.19. The lowest BCUT2D eigenvalue weighted by molar-refractivity contribution is 0.102. The number of carbonyl (C=O) groups is 1. The van der Waals surface area contributed by atoms with Crippen molar-refractivity contribution in [1.82, 2.24) is 4.98 Å². The maximum Gasteiger partial charge on any atom is 0.257 e. The maximum absolute atomic E-state index is 12.0. The van der Waals surface area contributed by atoms with Crippen molar-refractivity contribution in [2.75, 3.05) is 17.2 Å². The van der Waals surface area contributed by atoms with Crippen LogP contribution >= 0.6 is 11.6 Å². The van der Waals surface area contributed by atoms with E-state index in [0.717, 1.165) is 12.4 Å². The smallest absolute Gasteiger partial charge is 0.257 e. The molecule has 1 aromatic carbocycles. The second kappa shape index (κ2) is 6.20. The SMILES string of the molecule is CCNc1ccc(C(=O)Nc2ccc(Cl)cc2)cn1. The number of nitrogens with zero attached hydrogens (tertiary/aromatic N) is 1. The third-order valence-electron chi connectivity index (χ3n) is 2.49. The van der Waals surface area contributed by atoms with Gasteiger partial charge >= 0.3 is 0 Å². The highest BCUT2D eigenvalue weighted by Crippen LogP contribution is 2.14. The zero-order valence-electron chi connectivity index (χ0n) is 10.5. The van der Waals surface area contributed by atoms with Crippen molar-refractivity contribution in [3.8, 4) is 0 Å². The molecule has 2 N–H and O–H groups in total. The van der Waals surface area contributed by atoms with E-state index in [1.807, 2.05) is 6.92 Å². The van der Waals surface area contributed by atoms with Gasteiger partial charge in [-0.05, 0) is 43.3 Å². The Morgan fingerprint density at radius 1 is 1.21 bits per heavy atom. The van der Waals surface area contributed by atoms with Crippen LogP contribution in [0.15, 0.2) is 42.6 Å². The molecule has 0 atom stereocenters. The van der Waals surface area contributed by atoms with Crippen LogP contribution in [-0.2, 0) is 0 Å². The second-order valence-corrected chi connectivity index (χ2v) is 4.36. The number of halogens is 1. The molecule has 5 heteroatoms. The molecule has 0 aliphatic heterocycles. The zero-order valence-corrected chi connectivity index (χ0v) is 11.2. The van der Waals surface area contributed by atoms with Gasteiger partial charge in [0.05, 0.1) is 5.56 Å². The van der Waals surface area contributed by atoms with Crippen molar-refractivity contribution >= 4 is 29.0 Å². The molecule has 0 aliphatic rings. The molecule has 0 bridgehead atoms. The normalized spacial score (nSPS) is 10.0. The van der Waals surface area contributed by atoms with Crippen LogP contribution in [0, 0.1) is 0 Å². The first-order valence-corrected chi connectivity index (χ1v) is 6.33. The van der Waals surface area contributed by atoms with Crippen LogP contribution in [0.1, 0.15) is 17.3 Å². The van der Waals surface area contributed by atoms with Crippen LogP contribution in [0.4, 0.5) is 11.5 Å². The van der Waals surface area contributed by atoms with Gasteiger partial charge in [0, 0.05) is 23.5 Å². The molecule has 98 valence electrons. The first-order valence-electron chi connectivity index (χ1n) is 5.96. The highest BCUT2D eigenvalue weighted by atomic mass is 35.5. The molecule has 0 unspecified atom stereocenters. The third kappa shape index (κ3) is 3.69. The van der Waals surface area contributed by atoms with E-state index in [4.69, 9.17) is 11.6 Å². The van der Waals surface area contributed by atoms with E-state index in [0.29, 0.717) is 16.3 Å². The van der Waals surface area contributed by atoms with Gasteiger partial charge in [-0.25, -0.2) is 4.98 Å². The molecule has 2 aromatic rings. The van der Waals surface area contributed by atoms with E-state index in [1.54, 1.807) is 42.6 Å². The van der Waals surface area contributed by atoms with E-state index >= 15 is 0 Å². The number of benzene rings is 1. The molecule has 2 rings (SSSR count). The molecule has 0 aliphatic carbocycles. The number of carbonyl (C=O) groups excluding carboxylic acids is 1. The highest BCUT2D eigenvalue weighted by Gasteiger charge is 2.06. The van der Waals surface area contributed by atoms with Crippen LogP contribution < -0.4 is 10.6 Å². The Morgan fingerprint density at radius 2 is 1.95 bits per heavy atom. The summed E-state index contributed by atoms with van der Waals surface area (Å²) in [7, 11) is 0. The maximum atomic E-state index is 12.0. The predicted octanol–water partition coefficient (Wildman–Crippen LogP) is 3.42. The summed E-state index contributed by atoms with van der Waals surface area (Å²) in [4.78, 5) is 16.1. The second-order valence-electron chi connectivity index (χ2n) is 3.92. The third-order valence-corrected chi connectivity index (χ3v) is 2.74. The lowest BCUT2D eigenvalue weighted by atomic mass is 10.2. The van der Waals surface area contributed by atoms with Gasteiger partial charge in [-0.15, -0.1) is 0 Å². The molecule has 1 aromatic heterocycles. The molecule has 1 amide bonds. The van der Waals surface area contributed by atoms with Gasteiger partial charge in [0.15, 0.2) is 0 Å². The van der Waals surface area contributed by atoms with Gasteiger partial charge < -0.3 is 10.6 Å². The summed E-state index contributed by atoms with van der Waals surface area (Å²) in [5.41, 5.74) is 1.21. The summed E-state index contributed by atoms with van der Waals surface area (Å²) in [6.45, 7) is 2.78. The number of pyridine rings is 1. The van der Waals surface area contributed by atoms with Crippen LogP contribution in [0.25, 0.3) is 0 Å². The topological polar surface area (TPSA) is 54.0 Å². The summed E-state index contributed by atoms with van der Waals surface area (Å²) in [6, 6.07) is 10.5. The number of rotatable bonds is 4. The van der Waals surface area contributed by atoms with Crippen LogP contribution in [0.3, 0.4) is 0 Å². The quantitative estimate of drug-likeness (QED) is 0.899. The summed E-state index contributed by atoms with van der Waals surface area (Å²) in [5.74, 6) is 0.559. The largest absolute Gasteiger partial charge is 0.370 e. The Kier molecular flexibility index (Phi) is 4.36. The zero-order chi connectivity index (χ0) is 13.7. The molecule has 0 fully saturated rings. The number of nitrogens with one attached hydrogen (secondary N) is 2. The Labute approximate surface area is 116 Å². The van der Waals surface area contributed by atoms with E-state index in [9.17, 15) is 4.79 Å². The Hall–Kier alpha value is -2.07. The molecule has 19 heavy (non-hydrogen) atoms. The molecule has 0 radical (unpaired) electrons. The molecule has 0 saturated heterocycles. The fourth-order valence-corrected chi connectivity index (χ4v) is 1.68. The molecule has 1 heterocycles. The number of amides is 1. The standard InChI is InChI=1S/C14H14ClN3O/c1-2-16-13-8-3-10(9-17-13)14(19)18-12-6-4-11(15)5-7-12/h3-9H,2H2,1H3,(H,16,17)(H,18,19). The first kappa shape index (κ1) is 13.4. The summed E-state index contributed by atoms with van der Waals surface area (Å²) < 4.78 is 0. The van der Waals surface area contributed by atoms with Gasteiger partial charge in [-0.2, -0.15) is 0 Å². The summed E-state index contributed by atoms with van der Waals surface area (Å²) >= 11 is 5.78. The van der Waals surface area contributed by atoms with E-state index in [-0.39, 0.29) is 5.91 Å². The average Bonchev–Trinajstić information content (AvgIpc) is 2.42.